The Morgan fingerprint density at radius 3 is 2.12 bits per heavy atom. The van der Waals surface area contributed by atoms with Crippen LogP contribution in [0.25, 0.3) is 0 Å². The van der Waals surface area contributed by atoms with E-state index in [1.165, 1.54) is 24.3 Å². The Balaban J connectivity index is 1.45. The number of rotatable bonds is 6. The number of halogens is 1. The van der Waals surface area contributed by atoms with Crippen molar-refractivity contribution in [2.24, 2.45) is 0 Å². The third kappa shape index (κ3) is 3.93. The maximum absolute atomic E-state index is 13.1. The summed E-state index contributed by atoms with van der Waals surface area (Å²) in [6.45, 7) is 0.491. The van der Waals surface area contributed by atoms with Crippen LogP contribution in [0.4, 0.5) is 4.39 Å². The number of nitrogens with one attached hydrogen (secondary N) is 1. The second kappa shape index (κ2) is 6.90. The summed E-state index contributed by atoms with van der Waals surface area (Å²) in [7, 11) is 0. The SMILES string of the molecule is O=C(NC1CC1)c1ccc(CN(C(=O)c2ccc(F)cc2)C2CC2)cc1. The van der Waals surface area contributed by atoms with Gasteiger partial charge in [-0.15, -0.1) is 0 Å². The van der Waals surface area contributed by atoms with E-state index in [9.17, 15) is 14.0 Å². The van der Waals surface area contributed by atoms with Crippen molar-refractivity contribution in [3.8, 4) is 0 Å². The minimum absolute atomic E-state index is 0.0412. The Hall–Kier alpha value is -2.69. The van der Waals surface area contributed by atoms with E-state index in [1.54, 1.807) is 12.1 Å². The van der Waals surface area contributed by atoms with Gasteiger partial charge in [0.05, 0.1) is 0 Å². The van der Waals surface area contributed by atoms with E-state index in [0.717, 1.165) is 31.2 Å². The van der Waals surface area contributed by atoms with E-state index in [1.807, 2.05) is 17.0 Å². The number of carbonyl (C=O) groups excluding carboxylic acids is 2. The molecular weight excluding hydrogens is 331 g/mol. The summed E-state index contributed by atoms with van der Waals surface area (Å²) in [5.74, 6) is -0.469. The van der Waals surface area contributed by atoms with Crippen LogP contribution in [0.5, 0.6) is 0 Å². The zero-order valence-electron chi connectivity index (χ0n) is 14.5. The van der Waals surface area contributed by atoms with Crippen LogP contribution in [0.3, 0.4) is 0 Å². The quantitative estimate of drug-likeness (QED) is 0.865. The largest absolute Gasteiger partial charge is 0.349 e. The highest BCUT2D eigenvalue weighted by atomic mass is 19.1. The van der Waals surface area contributed by atoms with Gasteiger partial charge in [0.1, 0.15) is 5.82 Å². The lowest BCUT2D eigenvalue weighted by Gasteiger charge is -2.23. The molecule has 0 unspecified atom stereocenters. The normalized spacial score (nSPS) is 16.2. The smallest absolute Gasteiger partial charge is 0.254 e. The third-order valence-electron chi connectivity index (χ3n) is 4.82. The highest BCUT2D eigenvalue weighted by molar-refractivity contribution is 5.95. The van der Waals surface area contributed by atoms with Crippen molar-refractivity contribution in [2.45, 2.75) is 44.3 Å². The second-order valence-electron chi connectivity index (χ2n) is 7.12. The van der Waals surface area contributed by atoms with Crippen molar-refractivity contribution in [1.29, 1.82) is 0 Å². The van der Waals surface area contributed by atoms with Crippen LogP contribution in [0.1, 0.15) is 52.0 Å². The summed E-state index contributed by atoms with van der Waals surface area (Å²) in [5, 5.41) is 2.97. The Kier molecular flexibility index (Phi) is 4.45. The molecule has 0 aliphatic heterocycles. The van der Waals surface area contributed by atoms with E-state index in [0.29, 0.717) is 23.7 Å². The molecule has 0 atom stereocenters. The Morgan fingerprint density at radius 2 is 1.54 bits per heavy atom. The lowest BCUT2D eigenvalue weighted by atomic mass is 10.1. The molecule has 0 spiro atoms. The van der Waals surface area contributed by atoms with E-state index >= 15 is 0 Å². The number of hydrogen-bond acceptors (Lipinski definition) is 2. The molecule has 2 aliphatic rings. The van der Waals surface area contributed by atoms with Crippen molar-refractivity contribution in [1.82, 2.24) is 10.2 Å². The number of carbonyl (C=O) groups is 2. The third-order valence-corrected chi connectivity index (χ3v) is 4.82. The molecule has 2 amide bonds. The fourth-order valence-electron chi connectivity index (χ4n) is 2.97. The summed E-state index contributed by atoms with van der Waals surface area (Å²) in [4.78, 5) is 26.7. The van der Waals surface area contributed by atoms with Gasteiger partial charge in [0, 0.05) is 29.8 Å². The molecule has 4 rings (SSSR count). The van der Waals surface area contributed by atoms with Crippen LogP contribution in [0.2, 0.25) is 0 Å². The molecule has 26 heavy (non-hydrogen) atoms. The molecule has 1 N–H and O–H groups in total. The fourth-order valence-corrected chi connectivity index (χ4v) is 2.97. The molecule has 2 aromatic rings. The van der Waals surface area contributed by atoms with Gasteiger partial charge in [0.15, 0.2) is 0 Å². The Labute approximate surface area is 152 Å². The molecule has 4 nitrogen and oxygen atoms in total. The minimum atomic E-state index is -0.348. The highest BCUT2D eigenvalue weighted by Gasteiger charge is 2.33. The standard InChI is InChI=1S/C21H21FN2O2/c22-17-7-5-16(6-8-17)21(26)24(19-11-12-19)13-14-1-3-15(4-2-14)20(25)23-18-9-10-18/h1-8,18-19H,9-13H2,(H,23,25). The zero-order valence-corrected chi connectivity index (χ0v) is 14.5. The van der Waals surface area contributed by atoms with Crippen LogP contribution in [0.15, 0.2) is 48.5 Å². The van der Waals surface area contributed by atoms with Gasteiger partial charge in [-0.25, -0.2) is 4.39 Å². The number of nitrogens with zero attached hydrogens (tertiary/aromatic N) is 1. The van der Waals surface area contributed by atoms with Crippen molar-refractivity contribution in [2.75, 3.05) is 0 Å². The number of benzene rings is 2. The fraction of sp³-hybridized carbons (Fsp3) is 0.333. The van der Waals surface area contributed by atoms with Crippen molar-refractivity contribution >= 4 is 11.8 Å². The monoisotopic (exact) mass is 352 g/mol. The molecule has 134 valence electrons. The topological polar surface area (TPSA) is 49.4 Å². The van der Waals surface area contributed by atoms with Gasteiger partial charge in [0.25, 0.3) is 11.8 Å². The van der Waals surface area contributed by atoms with Crippen molar-refractivity contribution in [3.63, 3.8) is 0 Å². The Morgan fingerprint density at radius 1 is 0.923 bits per heavy atom. The summed E-state index contributed by atoms with van der Waals surface area (Å²) in [5.41, 5.74) is 2.12. The predicted octanol–water partition coefficient (Wildman–Crippen LogP) is 3.52. The van der Waals surface area contributed by atoms with Gasteiger partial charge in [-0.1, -0.05) is 12.1 Å². The number of amides is 2. The van der Waals surface area contributed by atoms with Gasteiger partial charge < -0.3 is 10.2 Å². The molecule has 0 bridgehead atoms. The molecule has 0 radical (unpaired) electrons. The minimum Gasteiger partial charge on any atom is -0.349 e. The van der Waals surface area contributed by atoms with Gasteiger partial charge >= 0.3 is 0 Å². The second-order valence-corrected chi connectivity index (χ2v) is 7.12. The van der Waals surface area contributed by atoms with E-state index in [4.69, 9.17) is 0 Å². The van der Waals surface area contributed by atoms with Gasteiger partial charge in [-0.2, -0.15) is 0 Å². The van der Waals surface area contributed by atoms with E-state index in [2.05, 4.69) is 5.32 Å². The lowest BCUT2D eigenvalue weighted by molar-refractivity contribution is 0.0729. The van der Waals surface area contributed by atoms with Gasteiger partial charge in [0.2, 0.25) is 0 Å². The Bertz CT molecular complexity index is 809. The van der Waals surface area contributed by atoms with Crippen LogP contribution in [0, 0.1) is 5.82 Å². The molecule has 0 heterocycles. The summed E-state index contributed by atoms with van der Waals surface area (Å²) < 4.78 is 13.1. The zero-order chi connectivity index (χ0) is 18.1. The summed E-state index contributed by atoms with van der Waals surface area (Å²) in [6, 6.07) is 13.7. The predicted molar refractivity (Wildman–Crippen MR) is 96.2 cm³/mol. The molecular formula is C21H21FN2O2. The number of hydrogen-bond donors (Lipinski definition) is 1. The van der Waals surface area contributed by atoms with Crippen LogP contribution >= 0.6 is 0 Å². The molecule has 0 saturated heterocycles. The molecule has 2 aliphatic carbocycles. The van der Waals surface area contributed by atoms with Gasteiger partial charge in [-0.05, 0) is 67.6 Å². The molecule has 0 aromatic heterocycles. The first kappa shape index (κ1) is 16.8. The first-order valence-electron chi connectivity index (χ1n) is 9.06. The van der Waals surface area contributed by atoms with Crippen LogP contribution < -0.4 is 5.32 Å². The van der Waals surface area contributed by atoms with E-state index in [-0.39, 0.29) is 23.7 Å². The maximum atomic E-state index is 13.1. The molecule has 2 fully saturated rings. The first-order chi connectivity index (χ1) is 12.6. The van der Waals surface area contributed by atoms with E-state index < -0.39 is 0 Å². The first-order valence-corrected chi connectivity index (χ1v) is 9.06. The molecule has 2 saturated carbocycles. The summed E-state index contributed by atoms with van der Waals surface area (Å²) in [6.07, 6.45) is 4.11. The highest BCUT2D eigenvalue weighted by Crippen LogP contribution is 2.30. The van der Waals surface area contributed by atoms with Crippen LogP contribution in [-0.2, 0) is 6.54 Å². The lowest BCUT2D eigenvalue weighted by Crippen LogP contribution is -2.32. The average Bonchev–Trinajstić information content (AvgIpc) is 3.54. The maximum Gasteiger partial charge on any atom is 0.254 e. The van der Waals surface area contributed by atoms with Crippen molar-refractivity contribution in [3.05, 3.63) is 71.0 Å². The average molecular weight is 352 g/mol. The summed E-state index contributed by atoms with van der Waals surface area (Å²) >= 11 is 0. The molecule has 5 heteroatoms. The van der Waals surface area contributed by atoms with Crippen LogP contribution in [-0.4, -0.2) is 28.8 Å². The molecule has 2 aromatic carbocycles. The van der Waals surface area contributed by atoms with Gasteiger partial charge in [-0.3, -0.25) is 9.59 Å². The van der Waals surface area contributed by atoms with Crippen molar-refractivity contribution < 1.29 is 14.0 Å².